The number of nitrogens with one attached hydrogen (secondary N) is 1. The minimum atomic E-state index is 0.102. The van der Waals surface area contributed by atoms with E-state index in [0.29, 0.717) is 16.6 Å². The fourth-order valence-electron chi connectivity index (χ4n) is 1.53. The van der Waals surface area contributed by atoms with Crippen LogP contribution in [0, 0.1) is 0 Å². The van der Waals surface area contributed by atoms with Gasteiger partial charge in [0.05, 0.1) is 10.7 Å². The fourth-order valence-corrected chi connectivity index (χ4v) is 2.28. The third-order valence-electron chi connectivity index (χ3n) is 2.47. The van der Waals surface area contributed by atoms with E-state index in [-0.39, 0.29) is 5.75 Å². The van der Waals surface area contributed by atoms with Crippen molar-refractivity contribution in [3.63, 3.8) is 0 Å². The lowest BCUT2D eigenvalue weighted by Crippen LogP contribution is -2.00. The molecule has 0 amide bonds. The minimum Gasteiger partial charge on any atom is -0.506 e. The van der Waals surface area contributed by atoms with Crippen molar-refractivity contribution in [3.05, 3.63) is 56.5 Å². The zero-order chi connectivity index (χ0) is 13.1. The van der Waals surface area contributed by atoms with Crippen LogP contribution in [0.15, 0.2) is 40.9 Å². The summed E-state index contributed by atoms with van der Waals surface area (Å²) in [4.78, 5) is 0. The number of para-hydroxylation sites is 1. The van der Waals surface area contributed by atoms with E-state index in [9.17, 15) is 5.11 Å². The number of aromatic hydroxyl groups is 1. The summed E-state index contributed by atoms with van der Waals surface area (Å²) < 4.78 is 0.911. The molecule has 0 aromatic heterocycles. The quantitative estimate of drug-likeness (QED) is 0.812. The van der Waals surface area contributed by atoms with E-state index < -0.39 is 0 Å². The molecule has 0 aliphatic rings. The highest BCUT2D eigenvalue weighted by atomic mass is 79.9. The maximum absolute atomic E-state index is 9.79. The van der Waals surface area contributed by atoms with E-state index in [1.807, 2.05) is 18.2 Å². The molecule has 2 aromatic carbocycles. The molecule has 0 spiro atoms. The summed E-state index contributed by atoms with van der Waals surface area (Å²) >= 11 is 15.2. The normalized spacial score (nSPS) is 10.4. The SMILES string of the molecule is Oc1c(Cl)cccc1CNc1cc(Cl)ccc1Br. The van der Waals surface area contributed by atoms with Crippen molar-refractivity contribution in [2.45, 2.75) is 6.54 Å². The van der Waals surface area contributed by atoms with Gasteiger partial charge in [0.2, 0.25) is 0 Å². The number of benzene rings is 2. The van der Waals surface area contributed by atoms with E-state index in [1.165, 1.54) is 0 Å². The first-order valence-electron chi connectivity index (χ1n) is 5.23. The van der Waals surface area contributed by atoms with Crippen molar-refractivity contribution < 1.29 is 5.11 Å². The van der Waals surface area contributed by atoms with Crippen LogP contribution in [-0.4, -0.2) is 5.11 Å². The molecule has 0 atom stereocenters. The number of rotatable bonds is 3. The van der Waals surface area contributed by atoms with Crippen LogP contribution in [0.5, 0.6) is 5.75 Å². The molecule has 0 unspecified atom stereocenters. The Morgan fingerprint density at radius 2 is 1.94 bits per heavy atom. The second kappa shape index (κ2) is 5.83. The van der Waals surface area contributed by atoms with Gasteiger partial charge in [-0.2, -0.15) is 0 Å². The third-order valence-corrected chi connectivity index (χ3v) is 3.70. The Morgan fingerprint density at radius 3 is 2.72 bits per heavy atom. The second-order valence-corrected chi connectivity index (χ2v) is 5.42. The molecular weight excluding hydrogens is 337 g/mol. The molecule has 94 valence electrons. The molecule has 2 aromatic rings. The number of hydrogen-bond donors (Lipinski definition) is 2. The van der Waals surface area contributed by atoms with Crippen LogP contribution in [0.25, 0.3) is 0 Å². The first-order valence-corrected chi connectivity index (χ1v) is 6.78. The highest BCUT2D eigenvalue weighted by Gasteiger charge is 2.06. The Bertz CT molecular complexity index is 573. The van der Waals surface area contributed by atoms with Gasteiger partial charge in [-0.25, -0.2) is 0 Å². The van der Waals surface area contributed by atoms with Crippen LogP contribution in [-0.2, 0) is 6.54 Å². The molecule has 0 saturated carbocycles. The lowest BCUT2D eigenvalue weighted by molar-refractivity contribution is 0.469. The van der Waals surface area contributed by atoms with Gasteiger partial charge >= 0.3 is 0 Å². The summed E-state index contributed by atoms with van der Waals surface area (Å²) in [7, 11) is 0. The fraction of sp³-hybridized carbons (Fsp3) is 0.0769. The van der Waals surface area contributed by atoms with E-state index >= 15 is 0 Å². The van der Waals surface area contributed by atoms with Crippen LogP contribution in [0.3, 0.4) is 0 Å². The van der Waals surface area contributed by atoms with Crippen LogP contribution in [0.1, 0.15) is 5.56 Å². The third kappa shape index (κ3) is 3.10. The summed E-state index contributed by atoms with van der Waals surface area (Å²) in [5, 5.41) is 14.0. The Morgan fingerprint density at radius 1 is 1.17 bits per heavy atom. The van der Waals surface area contributed by atoms with E-state index in [0.717, 1.165) is 15.7 Å². The monoisotopic (exact) mass is 345 g/mol. The van der Waals surface area contributed by atoms with Crippen molar-refractivity contribution in [3.8, 4) is 5.75 Å². The van der Waals surface area contributed by atoms with Crippen molar-refractivity contribution in [1.82, 2.24) is 0 Å². The summed E-state index contributed by atoms with van der Waals surface area (Å²) in [6, 6.07) is 10.7. The van der Waals surface area contributed by atoms with Gasteiger partial charge in [-0.05, 0) is 40.2 Å². The predicted octanol–water partition coefficient (Wildman–Crippen LogP) is 5.07. The van der Waals surface area contributed by atoms with Gasteiger partial charge in [-0.1, -0.05) is 35.3 Å². The zero-order valence-electron chi connectivity index (χ0n) is 9.25. The maximum Gasteiger partial charge on any atom is 0.139 e. The Balaban J connectivity index is 2.16. The van der Waals surface area contributed by atoms with Crippen molar-refractivity contribution in [1.29, 1.82) is 0 Å². The summed E-state index contributed by atoms with van der Waals surface area (Å²) in [6.45, 7) is 0.464. The molecule has 2 rings (SSSR count). The van der Waals surface area contributed by atoms with Gasteiger partial charge in [0.25, 0.3) is 0 Å². The average Bonchev–Trinajstić information content (AvgIpc) is 2.35. The molecule has 5 heteroatoms. The number of phenols is 1. The van der Waals surface area contributed by atoms with Crippen LogP contribution in [0.4, 0.5) is 5.69 Å². The standard InChI is InChI=1S/C13H10BrCl2NO/c14-10-5-4-9(15)6-12(10)17-7-8-2-1-3-11(16)13(8)18/h1-6,17-18H,7H2. The molecule has 0 aliphatic carbocycles. The number of halogens is 3. The number of phenolic OH excluding ortho intramolecular Hbond substituents is 1. The molecule has 0 radical (unpaired) electrons. The molecule has 2 nitrogen and oxygen atoms in total. The average molecular weight is 347 g/mol. The second-order valence-electron chi connectivity index (χ2n) is 3.73. The van der Waals surface area contributed by atoms with Crippen molar-refractivity contribution in [2.75, 3.05) is 5.32 Å². The highest BCUT2D eigenvalue weighted by molar-refractivity contribution is 9.10. The van der Waals surface area contributed by atoms with Gasteiger partial charge in [-0.15, -0.1) is 0 Å². The molecule has 18 heavy (non-hydrogen) atoms. The smallest absolute Gasteiger partial charge is 0.139 e. The van der Waals surface area contributed by atoms with Gasteiger partial charge in [-0.3, -0.25) is 0 Å². The van der Waals surface area contributed by atoms with Crippen molar-refractivity contribution in [2.24, 2.45) is 0 Å². The van der Waals surface area contributed by atoms with Gasteiger partial charge in [0.15, 0.2) is 0 Å². The first-order chi connectivity index (χ1) is 8.58. The topological polar surface area (TPSA) is 32.3 Å². The predicted molar refractivity (Wildman–Crippen MR) is 79.6 cm³/mol. The van der Waals surface area contributed by atoms with E-state index in [2.05, 4.69) is 21.2 Å². The minimum absolute atomic E-state index is 0.102. The molecular formula is C13H10BrCl2NO. The summed E-state index contributed by atoms with van der Waals surface area (Å²) in [5.74, 6) is 0.102. The zero-order valence-corrected chi connectivity index (χ0v) is 12.4. The lowest BCUT2D eigenvalue weighted by Gasteiger charge is -2.10. The molecule has 0 aliphatic heterocycles. The van der Waals surface area contributed by atoms with Crippen molar-refractivity contribution >= 4 is 44.8 Å². The van der Waals surface area contributed by atoms with Gasteiger partial charge < -0.3 is 10.4 Å². The molecule has 0 saturated heterocycles. The van der Waals surface area contributed by atoms with Crippen LogP contribution >= 0.6 is 39.1 Å². The molecule has 2 N–H and O–H groups in total. The van der Waals surface area contributed by atoms with Gasteiger partial charge in [0, 0.05) is 21.6 Å². The molecule has 0 fully saturated rings. The number of anilines is 1. The number of hydrogen-bond acceptors (Lipinski definition) is 2. The van der Waals surface area contributed by atoms with E-state index in [4.69, 9.17) is 23.2 Å². The Labute approximate surface area is 124 Å². The largest absolute Gasteiger partial charge is 0.506 e. The van der Waals surface area contributed by atoms with E-state index in [1.54, 1.807) is 18.2 Å². The summed E-state index contributed by atoms with van der Waals surface area (Å²) in [6.07, 6.45) is 0. The molecule has 0 bridgehead atoms. The Hall–Kier alpha value is -0.900. The molecule has 0 heterocycles. The van der Waals surface area contributed by atoms with Crippen LogP contribution < -0.4 is 5.32 Å². The lowest BCUT2D eigenvalue weighted by atomic mass is 10.2. The Kier molecular flexibility index (Phi) is 4.38. The maximum atomic E-state index is 9.79. The van der Waals surface area contributed by atoms with Crippen LogP contribution in [0.2, 0.25) is 10.0 Å². The van der Waals surface area contributed by atoms with Gasteiger partial charge in [0.1, 0.15) is 5.75 Å². The first kappa shape index (κ1) is 13.5. The highest BCUT2D eigenvalue weighted by Crippen LogP contribution is 2.30. The summed E-state index contributed by atoms with van der Waals surface area (Å²) in [5.41, 5.74) is 1.59.